The number of likely N-dealkylation sites (N-methyl/N-ethyl adjacent to an activating group) is 1. The third-order valence-corrected chi connectivity index (χ3v) is 11.5. The fourth-order valence-corrected chi connectivity index (χ4v) is 8.48. The second kappa shape index (κ2) is 17.7. The Morgan fingerprint density at radius 3 is 2.27 bits per heavy atom. The number of fused-ring (bicyclic) bond motifs is 1. The highest BCUT2D eigenvalue weighted by Crippen LogP contribution is 2.33. The monoisotopic (exact) mass is 714 g/mol. The van der Waals surface area contributed by atoms with Crippen LogP contribution in [0.2, 0.25) is 0 Å². The van der Waals surface area contributed by atoms with Gasteiger partial charge in [0.2, 0.25) is 17.7 Å². The molecule has 272 valence electrons. The quantitative estimate of drug-likeness (QED) is 0.187. The van der Waals surface area contributed by atoms with E-state index in [1.165, 1.54) is 16.7 Å². The average molecular weight is 715 g/mol. The summed E-state index contributed by atoms with van der Waals surface area (Å²) in [6, 6.07) is 13.1. The summed E-state index contributed by atoms with van der Waals surface area (Å²) in [7, 11) is 3.20. The van der Waals surface area contributed by atoms with E-state index in [1.54, 1.807) is 43.3 Å². The number of nitrogens with zero attached hydrogens (tertiary/aromatic N) is 2. The van der Waals surface area contributed by atoms with E-state index in [-0.39, 0.29) is 53.8 Å². The van der Waals surface area contributed by atoms with E-state index in [9.17, 15) is 24.0 Å². The van der Waals surface area contributed by atoms with Crippen LogP contribution in [0.1, 0.15) is 78.7 Å². The molecular weight excluding hydrogens is 665 g/mol. The Balaban J connectivity index is 1.32. The molecule has 1 fully saturated rings. The number of nitrogens with one attached hydrogen (secondary N) is 2. The number of amides is 5. The molecule has 1 aliphatic carbocycles. The number of ether oxygens (including phenoxy) is 1. The predicted molar refractivity (Wildman–Crippen MR) is 199 cm³/mol. The molecule has 1 saturated heterocycles. The minimum atomic E-state index is -0.780. The number of hydrogen-bond acceptors (Lipinski definition) is 7. The Morgan fingerprint density at radius 1 is 0.961 bits per heavy atom. The van der Waals surface area contributed by atoms with Crippen LogP contribution in [-0.4, -0.2) is 83.9 Å². The number of imide groups is 1. The molecule has 2 aromatic rings. The second-order valence-corrected chi connectivity index (χ2v) is 15.0. The van der Waals surface area contributed by atoms with E-state index >= 15 is 0 Å². The van der Waals surface area contributed by atoms with Crippen LogP contribution in [-0.2, 0) is 20.1 Å². The number of methoxy groups -OCH3 is 1. The van der Waals surface area contributed by atoms with Crippen molar-refractivity contribution in [3.8, 4) is 5.75 Å². The zero-order valence-electron chi connectivity index (χ0n) is 30.0. The molecule has 3 unspecified atom stereocenters. The maximum atomic E-state index is 14.3. The highest BCUT2D eigenvalue weighted by Gasteiger charge is 2.41. The van der Waals surface area contributed by atoms with Crippen LogP contribution in [0, 0.1) is 17.8 Å². The fourth-order valence-electron chi connectivity index (χ4n) is 7.34. The molecule has 5 atom stereocenters. The lowest BCUT2D eigenvalue weighted by Gasteiger charge is -2.34. The smallest absolute Gasteiger partial charge is 0.261 e. The largest absolute Gasteiger partial charge is 0.497 e. The summed E-state index contributed by atoms with van der Waals surface area (Å²) in [5.41, 5.74) is 1.88. The molecule has 51 heavy (non-hydrogen) atoms. The first-order valence-electron chi connectivity index (χ1n) is 18.0. The number of likely N-dealkylation sites (tertiary alicyclic amines) is 1. The number of thioether (sulfide) groups is 1. The summed E-state index contributed by atoms with van der Waals surface area (Å²) in [4.78, 5) is 70.4. The van der Waals surface area contributed by atoms with Crippen molar-refractivity contribution in [1.82, 2.24) is 20.4 Å². The zero-order chi connectivity index (χ0) is 36.5. The number of carbonyl (C=O) groups excluding carboxylic acids is 5. The van der Waals surface area contributed by atoms with Crippen molar-refractivity contribution in [2.24, 2.45) is 17.8 Å². The van der Waals surface area contributed by atoms with Crippen molar-refractivity contribution in [2.75, 3.05) is 27.2 Å². The highest BCUT2D eigenvalue weighted by atomic mass is 32.2. The van der Waals surface area contributed by atoms with Gasteiger partial charge in [0.15, 0.2) is 0 Å². The van der Waals surface area contributed by atoms with Crippen molar-refractivity contribution >= 4 is 41.3 Å². The van der Waals surface area contributed by atoms with Crippen molar-refractivity contribution in [3.63, 3.8) is 0 Å². The van der Waals surface area contributed by atoms with Crippen molar-refractivity contribution in [3.05, 3.63) is 89.5 Å². The molecule has 2 aliphatic heterocycles. The Kier molecular flexibility index (Phi) is 13.1. The number of allylic oxidation sites excluding steroid dienone is 4. The lowest BCUT2D eigenvalue weighted by atomic mass is 9.81. The third kappa shape index (κ3) is 9.11. The van der Waals surface area contributed by atoms with Crippen LogP contribution in [0.3, 0.4) is 0 Å². The highest BCUT2D eigenvalue weighted by molar-refractivity contribution is 7.99. The maximum absolute atomic E-state index is 14.3. The summed E-state index contributed by atoms with van der Waals surface area (Å²) < 4.78 is 5.30. The van der Waals surface area contributed by atoms with E-state index in [4.69, 9.17) is 4.74 Å². The van der Waals surface area contributed by atoms with E-state index in [0.717, 1.165) is 24.2 Å². The molecule has 5 rings (SSSR count). The first kappa shape index (κ1) is 37.9. The molecular formula is C40H50N4O6S. The van der Waals surface area contributed by atoms with Crippen LogP contribution >= 0.6 is 11.8 Å². The van der Waals surface area contributed by atoms with Gasteiger partial charge < -0.3 is 20.3 Å². The molecule has 2 aromatic carbocycles. The predicted octanol–water partition coefficient (Wildman–Crippen LogP) is 5.39. The summed E-state index contributed by atoms with van der Waals surface area (Å²) in [5, 5.41) is 5.40. The molecule has 2 N–H and O–H groups in total. The summed E-state index contributed by atoms with van der Waals surface area (Å²) in [6.07, 6.45) is 12.1. The summed E-state index contributed by atoms with van der Waals surface area (Å²) >= 11 is 1.50. The Bertz CT molecular complexity index is 1600. The first-order chi connectivity index (χ1) is 24.6. The van der Waals surface area contributed by atoms with Crippen molar-refractivity contribution in [1.29, 1.82) is 0 Å². The van der Waals surface area contributed by atoms with Gasteiger partial charge in [0.1, 0.15) is 17.8 Å². The van der Waals surface area contributed by atoms with Gasteiger partial charge in [0.25, 0.3) is 11.8 Å². The molecule has 3 aliphatic rings. The van der Waals surface area contributed by atoms with Gasteiger partial charge in [0.05, 0.1) is 23.5 Å². The van der Waals surface area contributed by atoms with Crippen LogP contribution in [0.15, 0.2) is 72.8 Å². The molecule has 0 bridgehead atoms. The molecule has 0 spiro atoms. The number of rotatable bonds is 15. The van der Waals surface area contributed by atoms with Crippen LogP contribution in [0.25, 0.3) is 0 Å². The topological polar surface area (TPSA) is 125 Å². The normalized spacial score (nSPS) is 21.4. The van der Waals surface area contributed by atoms with Gasteiger partial charge in [-0.15, -0.1) is 11.8 Å². The standard InChI is InChI=1S/C40H50N4O6S/c1-26(2)35(37(46)41-3)43-23-21-29(28-12-6-5-7-13-28)24-33(40(43)49)42-36(45)34(51-25-27-17-19-30(50-4)20-18-27)16-10-11-22-44-38(47)31-14-8-9-15-32(31)39(44)48/h5-9,12,14-15,17-20,26,28-29,33-35H,10-11,13,16,21-25H2,1-4H3,(H,41,46)(H,42,45)/t28?,29-,33?,34?,35+/m1/s1. The number of unbranched alkanes of at least 4 members (excludes halogenated alkanes) is 1. The fraction of sp³-hybridized carbons (Fsp3) is 0.475. The summed E-state index contributed by atoms with van der Waals surface area (Å²) in [6.45, 7) is 4.58. The molecule has 10 nitrogen and oxygen atoms in total. The van der Waals surface area contributed by atoms with E-state index < -0.39 is 17.3 Å². The summed E-state index contributed by atoms with van der Waals surface area (Å²) in [5.74, 6) is 0.337. The number of benzene rings is 2. The first-order valence-corrected chi connectivity index (χ1v) is 19.0. The molecule has 2 heterocycles. The van der Waals surface area contributed by atoms with Crippen LogP contribution < -0.4 is 15.4 Å². The lowest BCUT2D eigenvalue weighted by molar-refractivity contribution is -0.144. The molecule has 5 amide bonds. The van der Waals surface area contributed by atoms with Crippen molar-refractivity contribution in [2.45, 2.75) is 75.5 Å². The van der Waals surface area contributed by atoms with Gasteiger partial charge in [0, 0.05) is 25.9 Å². The van der Waals surface area contributed by atoms with Gasteiger partial charge in [-0.05, 0) is 79.7 Å². The van der Waals surface area contributed by atoms with Gasteiger partial charge in [-0.3, -0.25) is 28.9 Å². The number of hydrogen-bond donors (Lipinski definition) is 2. The van der Waals surface area contributed by atoms with Crippen LogP contribution in [0.4, 0.5) is 0 Å². The van der Waals surface area contributed by atoms with E-state index in [0.29, 0.717) is 49.1 Å². The molecule has 0 radical (unpaired) electrons. The van der Waals surface area contributed by atoms with Gasteiger partial charge >= 0.3 is 0 Å². The maximum Gasteiger partial charge on any atom is 0.261 e. The molecule has 0 saturated carbocycles. The average Bonchev–Trinajstić information content (AvgIpc) is 3.28. The Morgan fingerprint density at radius 2 is 1.67 bits per heavy atom. The van der Waals surface area contributed by atoms with Crippen LogP contribution in [0.5, 0.6) is 5.75 Å². The zero-order valence-corrected chi connectivity index (χ0v) is 30.8. The van der Waals surface area contributed by atoms with E-state index in [2.05, 4.69) is 22.8 Å². The second-order valence-electron chi connectivity index (χ2n) is 13.8. The minimum Gasteiger partial charge on any atom is -0.497 e. The van der Waals surface area contributed by atoms with Gasteiger partial charge in [-0.25, -0.2) is 0 Å². The Hall–Kier alpha value is -4.38. The van der Waals surface area contributed by atoms with Gasteiger partial charge in [-0.2, -0.15) is 0 Å². The lowest BCUT2D eigenvalue weighted by Crippen LogP contribution is -2.57. The third-order valence-electron chi connectivity index (χ3n) is 10.2. The Labute approximate surface area is 305 Å². The molecule has 0 aromatic heterocycles. The SMILES string of the molecule is CNC(=O)[C@H](C(C)C)N1CC[C@@H](C2C=CC=CC2)CC(NC(=O)C(CCCCN2C(=O)c3ccccc3C2=O)SCc2ccc(OC)cc2)C1=O. The van der Waals surface area contributed by atoms with Gasteiger partial charge in [-0.1, -0.05) is 68.8 Å². The minimum absolute atomic E-state index is 0.116. The van der Waals surface area contributed by atoms with Crippen molar-refractivity contribution < 1.29 is 28.7 Å². The molecule has 11 heteroatoms. The number of carbonyl (C=O) groups is 5. The van der Waals surface area contributed by atoms with E-state index in [1.807, 2.05) is 50.3 Å².